The first-order valence-electron chi connectivity index (χ1n) is 15.8. The summed E-state index contributed by atoms with van der Waals surface area (Å²) in [5, 5.41) is 74.1. The minimum absolute atomic E-state index is 0. The van der Waals surface area contributed by atoms with Crippen LogP contribution in [0.3, 0.4) is 0 Å². The smallest absolute Gasteiger partial charge is 0.506 e. The molecule has 21 nitrogen and oxygen atoms in total. The largest absolute Gasteiger partial charge is 1.00 e. The summed E-state index contributed by atoms with van der Waals surface area (Å²) in [6.07, 6.45) is 0. The molecule has 303 valence electrons. The van der Waals surface area contributed by atoms with Crippen molar-refractivity contribution >= 4 is 70.9 Å². The molecule has 6 rings (SSSR count). The molecule has 0 unspecified atom stereocenters. The fourth-order valence-electron chi connectivity index (χ4n) is 5.00. The normalized spacial score (nSPS) is 11.4. The van der Waals surface area contributed by atoms with Crippen molar-refractivity contribution in [1.82, 2.24) is 9.78 Å². The second-order valence-electron chi connectivity index (χ2n) is 11.7. The summed E-state index contributed by atoms with van der Waals surface area (Å²) < 4.78 is 46.9. The van der Waals surface area contributed by atoms with Crippen molar-refractivity contribution in [2.24, 2.45) is 30.7 Å². The molecule has 8 N–H and O–H groups in total. The monoisotopic (exact) mass is 899 g/mol. The van der Waals surface area contributed by atoms with Crippen LogP contribution in [-0.4, -0.2) is 52.8 Å². The van der Waals surface area contributed by atoms with Gasteiger partial charge in [0.05, 0.1) is 26.1 Å². The molecule has 1 radical (unpaired) electrons. The van der Waals surface area contributed by atoms with Crippen LogP contribution in [0.4, 0.5) is 34.1 Å². The standard InChI is InChI=1S/C18H16N4O5S.C16H13N6O6S.Co.Na/c1-10(23)20-13-4-2-3-11-5-7-16(25)18(17(11)13)22-21-14-9-12(28(19,26)27)6-8-15(14)24;1-9-15(19-18-13-8-11(22(25)26)5-6-14(13)23)16(24)21(20-9)10-3-2-4-12(7-10)29(17,27)28;;/h2-9,24-25H,1H3,(H,20,23)(H2,19,26,27);2-8,23H,1H3,(H2,17,27,28);;/q;-1;;+1. The average Bonchev–Trinajstić information content (AvgIpc) is 3.42. The number of sulfonamides is 2. The number of benzene rings is 5. The molecule has 0 saturated carbocycles. The van der Waals surface area contributed by atoms with Crippen LogP contribution in [0.25, 0.3) is 16.5 Å². The maximum absolute atomic E-state index is 12.6. The van der Waals surface area contributed by atoms with E-state index >= 15 is 0 Å². The van der Waals surface area contributed by atoms with E-state index in [0.717, 1.165) is 41.1 Å². The number of nitro groups is 1. The van der Waals surface area contributed by atoms with Crippen LogP contribution in [0.2, 0.25) is 0 Å². The number of hydrogen-bond acceptors (Lipinski definition) is 16. The number of nitrogens with zero attached hydrogens (tertiary/aromatic N) is 7. The van der Waals surface area contributed by atoms with Gasteiger partial charge in [0.25, 0.3) is 5.69 Å². The Morgan fingerprint density at radius 2 is 1.42 bits per heavy atom. The van der Waals surface area contributed by atoms with Crippen molar-refractivity contribution < 1.29 is 88.2 Å². The van der Waals surface area contributed by atoms with Crippen LogP contribution < -0.4 is 50.7 Å². The molecular weight excluding hydrogens is 870 g/mol. The Balaban J connectivity index is 0.000000305. The average molecular weight is 900 g/mol. The molecule has 0 bridgehead atoms. The number of aryl methyl sites for hydroxylation is 1. The van der Waals surface area contributed by atoms with E-state index in [1.165, 1.54) is 44.2 Å². The van der Waals surface area contributed by atoms with E-state index in [4.69, 9.17) is 10.3 Å². The van der Waals surface area contributed by atoms with Crippen LogP contribution in [0, 0.1) is 17.0 Å². The molecule has 0 spiro atoms. The van der Waals surface area contributed by atoms with Gasteiger partial charge >= 0.3 is 29.6 Å². The summed E-state index contributed by atoms with van der Waals surface area (Å²) in [6.45, 7) is 2.82. The zero-order chi connectivity index (χ0) is 41.8. The van der Waals surface area contributed by atoms with Gasteiger partial charge in [0.1, 0.15) is 39.9 Å². The number of carbonyl (C=O) groups is 1. The summed E-state index contributed by atoms with van der Waals surface area (Å²) >= 11 is 0. The summed E-state index contributed by atoms with van der Waals surface area (Å²) in [5.74, 6) is -1.20. The summed E-state index contributed by atoms with van der Waals surface area (Å²) in [4.78, 5) is 33.8. The maximum atomic E-state index is 12.6. The summed E-state index contributed by atoms with van der Waals surface area (Å²) in [6, 6.07) is 20.0. The number of nitrogens with one attached hydrogen (secondary N) is 1. The molecule has 0 aliphatic carbocycles. The first-order valence-corrected chi connectivity index (χ1v) is 18.9. The molecular formula is C34H29CoN10NaO11S2. The fraction of sp³-hybridized carbons (Fsp3) is 0.0588. The van der Waals surface area contributed by atoms with Gasteiger partial charge in [-0.1, -0.05) is 36.9 Å². The Morgan fingerprint density at radius 1 is 0.831 bits per heavy atom. The number of nitrogens with two attached hydrogens (primary N) is 2. The number of phenols is 3. The zero-order valence-corrected chi connectivity index (χ0v) is 35.4. The molecule has 1 aromatic heterocycles. The van der Waals surface area contributed by atoms with Gasteiger partial charge in [-0.2, -0.15) is 5.11 Å². The Hall–Kier alpha value is -5.83. The van der Waals surface area contributed by atoms with E-state index in [2.05, 4.69) is 30.9 Å². The number of nitro benzene ring substituents is 1. The second-order valence-corrected chi connectivity index (χ2v) is 14.9. The van der Waals surface area contributed by atoms with Gasteiger partial charge in [0, 0.05) is 41.2 Å². The summed E-state index contributed by atoms with van der Waals surface area (Å²) in [7, 11) is -7.98. The molecule has 0 atom stereocenters. The molecule has 25 heteroatoms. The van der Waals surface area contributed by atoms with Crippen LogP contribution >= 0.6 is 0 Å². The van der Waals surface area contributed by atoms with E-state index in [1.54, 1.807) is 24.3 Å². The SMILES string of the molecule is CC(=O)Nc1cccc2ccc(O)c(N=Nc3cc(S(N)(=O)=O)ccc3O)c12.Cc1nn(-c2cccc(S(N)(=O)=O)c2)c(=O)[c-]1N=Nc1cc([N+](=O)[O-])ccc1O.[Co].[Na+]. The Kier molecular flexibility index (Phi) is 15.5. The van der Waals surface area contributed by atoms with E-state index < -0.39 is 30.5 Å². The Bertz CT molecular complexity index is 2940. The number of primary sulfonamides is 2. The van der Waals surface area contributed by atoms with Crippen molar-refractivity contribution in [3.05, 3.63) is 117 Å². The van der Waals surface area contributed by atoms with Gasteiger partial charge in [0.15, 0.2) is 0 Å². The van der Waals surface area contributed by atoms with Crippen LogP contribution in [0.5, 0.6) is 17.2 Å². The van der Waals surface area contributed by atoms with Crippen molar-refractivity contribution in [3.8, 4) is 22.9 Å². The third kappa shape index (κ3) is 11.4. The quantitative estimate of drug-likeness (QED) is 0.0400. The number of aromatic nitrogens is 2. The number of azo groups is 2. The van der Waals surface area contributed by atoms with Crippen molar-refractivity contribution in [1.29, 1.82) is 0 Å². The first-order chi connectivity index (χ1) is 26.7. The number of rotatable bonds is 9. The number of hydrogen-bond donors (Lipinski definition) is 6. The number of aromatic hydroxyl groups is 3. The van der Waals surface area contributed by atoms with Crippen LogP contribution in [-0.2, 0) is 41.6 Å². The van der Waals surface area contributed by atoms with Gasteiger partial charge in [0.2, 0.25) is 26.0 Å². The molecule has 6 aromatic rings. The van der Waals surface area contributed by atoms with E-state index in [9.17, 15) is 51.9 Å². The maximum Gasteiger partial charge on any atom is 1.00 e. The molecule has 0 fully saturated rings. The molecule has 1 heterocycles. The van der Waals surface area contributed by atoms with Gasteiger partial charge < -0.3 is 30.5 Å². The van der Waals surface area contributed by atoms with Crippen molar-refractivity contribution in [3.63, 3.8) is 0 Å². The van der Waals surface area contributed by atoms with Crippen LogP contribution in [0.1, 0.15) is 12.6 Å². The third-order valence-electron chi connectivity index (χ3n) is 7.65. The fourth-order valence-corrected chi connectivity index (χ4v) is 6.08. The van der Waals surface area contributed by atoms with Gasteiger partial charge in [-0.05, 0) is 60.0 Å². The van der Waals surface area contributed by atoms with Gasteiger partial charge in [-0.25, -0.2) is 36.9 Å². The Labute approximate surface area is 366 Å². The van der Waals surface area contributed by atoms with Gasteiger partial charge in [-0.3, -0.25) is 14.9 Å². The number of carbonyl (C=O) groups excluding carboxylic acids is 1. The number of amides is 1. The zero-order valence-electron chi connectivity index (χ0n) is 30.7. The predicted octanol–water partition coefficient (Wildman–Crippen LogP) is 2.21. The molecule has 5 aromatic carbocycles. The third-order valence-corrected chi connectivity index (χ3v) is 9.47. The van der Waals surface area contributed by atoms with Crippen molar-refractivity contribution in [2.75, 3.05) is 5.32 Å². The van der Waals surface area contributed by atoms with E-state index in [0.29, 0.717) is 16.5 Å². The molecule has 0 aliphatic heterocycles. The van der Waals surface area contributed by atoms with E-state index in [-0.39, 0.29) is 119 Å². The van der Waals surface area contributed by atoms with Crippen molar-refractivity contribution in [2.45, 2.75) is 23.6 Å². The molecule has 0 saturated heterocycles. The van der Waals surface area contributed by atoms with Gasteiger partial charge in [-0.15, -0.1) is 15.9 Å². The number of anilines is 1. The minimum atomic E-state index is -4.00. The molecule has 1 amide bonds. The van der Waals surface area contributed by atoms with E-state index in [1.807, 2.05) is 0 Å². The minimum Gasteiger partial charge on any atom is -0.506 e. The second kappa shape index (κ2) is 19.3. The molecule has 59 heavy (non-hydrogen) atoms. The topological polar surface area (TPSA) is 338 Å². The number of phenolic OH excluding ortho intramolecular Hbond substituents is 3. The number of fused-ring (bicyclic) bond motifs is 1. The summed E-state index contributed by atoms with van der Waals surface area (Å²) in [5.41, 5.74) is -0.790. The molecule has 0 aliphatic rings. The Morgan fingerprint density at radius 3 is 2.05 bits per heavy atom. The number of non-ortho nitro benzene ring substituents is 1. The first kappa shape index (κ1) is 47.5. The van der Waals surface area contributed by atoms with Crippen LogP contribution in [0.15, 0.2) is 126 Å². The predicted molar refractivity (Wildman–Crippen MR) is 204 cm³/mol.